The molecule has 0 fully saturated rings. The molecular weight excluding hydrogens is 346 g/mol. The lowest BCUT2D eigenvalue weighted by Gasteiger charge is -2.07. The number of rotatable bonds is 8. The lowest BCUT2D eigenvalue weighted by Crippen LogP contribution is -2.27. The molecule has 0 atom stereocenters. The molecule has 0 aliphatic carbocycles. The normalized spacial score (nSPS) is 11.0. The quantitative estimate of drug-likeness (QED) is 0.727. The predicted octanol–water partition coefficient (Wildman–Crippen LogP) is 3.34. The zero-order valence-corrected chi connectivity index (χ0v) is 14.6. The number of carbonyl (C=O) groups excluding carboxylic acids is 1. The number of nitrogens with zero attached hydrogens (tertiary/aromatic N) is 2. The number of hydrogen-bond donors (Lipinski definition) is 1. The fourth-order valence-corrected chi connectivity index (χ4v) is 2.56. The van der Waals surface area contributed by atoms with Crippen molar-refractivity contribution in [2.45, 2.75) is 33.1 Å². The van der Waals surface area contributed by atoms with Crippen LogP contribution in [0.5, 0.6) is 0 Å². The van der Waals surface area contributed by atoms with Gasteiger partial charge in [-0.2, -0.15) is 0 Å². The molecule has 120 valence electrons. The van der Waals surface area contributed by atoms with E-state index in [1.807, 2.05) is 29.7 Å². The average Bonchev–Trinajstić information content (AvgIpc) is 2.81. The van der Waals surface area contributed by atoms with Gasteiger partial charge in [-0.1, -0.05) is 13.3 Å². The highest BCUT2D eigenvalue weighted by Crippen LogP contribution is 2.16. The summed E-state index contributed by atoms with van der Waals surface area (Å²) in [7, 11) is 0. The maximum atomic E-state index is 12.4. The highest BCUT2D eigenvalue weighted by Gasteiger charge is 2.16. The zero-order valence-electron chi connectivity index (χ0n) is 13.1. The van der Waals surface area contributed by atoms with Crippen molar-refractivity contribution in [1.82, 2.24) is 14.7 Å². The van der Waals surface area contributed by atoms with Gasteiger partial charge in [-0.3, -0.25) is 9.20 Å². The second-order valence-corrected chi connectivity index (χ2v) is 6.11. The first-order valence-corrected chi connectivity index (χ1v) is 8.43. The Balaban J connectivity index is 1.90. The lowest BCUT2D eigenvalue weighted by molar-refractivity contribution is 0.0934. The van der Waals surface area contributed by atoms with Crippen LogP contribution in [0.2, 0.25) is 0 Å². The minimum atomic E-state index is -0.100. The van der Waals surface area contributed by atoms with Gasteiger partial charge in [0, 0.05) is 30.4 Å². The first kappa shape index (κ1) is 17.0. The van der Waals surface area contributed by atoms with Crippen molar-refractivity contribution in [1.29, 1.82) is 0 Å². The topological polar surface area (TPSA) is 55.6 Å². The molecule has 2 aromatic heterocycles. The number of nitrogens with one attached hydrogen (secondary N) is 1. The van der Waals surface area contributed by atoms with Gasteiger partial charge < -0.3 is 10.1 Å². The second kappa shape index (κ2) is 8.29. The van der Waals surface area contributed by atoms with Crippen molar-refractivity contribution in [3.8, 4) is 0 Å². The molecule has 0 spiro atoms. The number of pyridine rings is 1. The van der Waals surface area contributed by atoms with Crippen LogP contribution in [-0.4, -0.2) is 35.1 Å². The molecule has 0 unspecified atom stereocenters. The number of ether oxygens (including phenoxy) is 1. The number of hydrogen-bond acceptors (Lipinski definition) is 3. The smallest absolute Gasteiger partial charge is 0.270 e. The van der Waals surface area contributed by atoms with E-state index in [1.165, 1.54) is 0 Å². The molecule has 0 radical (unpaired) electrons. The standard InChI is InChI=1S/C16H22BrN3O2/c1-3-4-9-22-10-5-8-18-16(21)15-12(2)19-14-7-6-13(17)11-20(14)15/h6-7,11H,3-5,8-10H2,1-2H3,(H,18,21). The molecule has 2 heterocycles. The van der Waals surface area contributed by atoms with Gasteiger partial charge >= 0.3 is 0 Å². The lowest BCUT2D eigenvalue weighted by atomic mass is 10.3. The van der Waals surface area contributed by atoms with Crippen LogP contribution in [0.15, 0.2) is 22.8 Å². The molecule has 6 heteroatoms. The molecule has 0 aliphatic rings. The Morgan fingerprint density at radius 1 is 1.36 bits per heavy atom. The fourth-order valence-electron chi connectivity index (χ4n) is 2.22. The summed E-state index contributed by atoms with van der Waals surface area (Å²) in [5, 5.41) is 2.93. The monoisotopic (exact) mass is 367 g/mol. The van der Waals surface area contributed by atoms with E-state index in [1.54, 1.807) is 0 Å². The van der Waals surface area contributed by atoms with Gasteiger partial charge in [0.2, 0.25) is 0 Å². The van der Waals surface area contributed by atoms with E-state index in [0.29, 0.717) is 18.8 Å². The summed E-state index contributed by atoms with van der Waals surface area (Å²) in [5.74, 6) is -0.100. The molecule has 1 amide bonds. The van der Waals surface area contributed by atoms with Crippen LogP contribution in [0.4, 0.5) is 0 Å². The van der Waals surface area contributed by atoms with Gasteiger partial charge in [0.15, 0.2) is 0 Å². The van der Waals surface area contributed by atoms with Crippen LogP contribution in [0.1, 0.15) is 42.4 Å². The number of aryl methyl sites for hydroxylation is 1. The zero-order chi connectivity index (χ0) is 15.9. The molecule has 5 nitrogen and oxygen atoms in total. The molecule has 0 aliphatic heterocycles. The summed E-state index contributed by atoms with van der Waals surface area (Å²) >= 11 is 3.42. The fraction of sp³-hybridized carbons (Fsp3) is 0.500. The van der Waals surface area contributed by atoms with Crippen LogP contribution >= 0.6 is 15.9 Å². The maximum absolute atomic E-state index is 12.4. The minimum Gasteiger partial charge on any atom is -0.381 e. The number of imidazole rings is 1. The number of carbonyl (C=O) groups is 1. The van der Waals surface area contributed by atoms with Gasteiger partial charge in [-0.25, -0.2) is 4.98 Å². The third-order valence-electron chi connectivity index (χ3n) is 3.37. The van der Waals surface area contributed by atoms with E-state index < -0.39 is 0 Å². The number of halogens is 1. The Bertz CT molecular complexity index is 640. The molecule has 2 rings (SSSR count). The van der Waals surface area contributed by atoms with E-state index in [-0.39, 0.29) is 5.91 Å². The Labute approximate surface area is 139 Å². The summed E-state index contributed by atoms with van der Waals surface area (Å²) in [4.78, 5) is 16.8. The Morgan fingerprint density at radius 3 is 2.91 bits per heavy atom. The molecule has 0 saturated heterocycles. The average molecular weight is 368 g/mol. The van der Waals surface area contributed by atoms with Crippen LogP contribution in [0.25, 0.3) is 5.65 Å². The molecule has 1 N–H and O–H groups in total. The van der Waals surface area contributed by atoms with Gasteiger partial charge in [0.05, 0.1) is 5.69 Å². The second-order valence-electron chi connectivity index (χ2n) is 5.20. The van der Waals surface area contributed by atoms with Crippen LogP contribution < -0.4 is 5.32 Å². The summed E-state index contributed by atoms with van der Waals surface area (Å²) in [6, 6.07) is 3.80. The minimum absolute atomic E-state index is 0.100. The largest absolute Gasteiger partial charge is 0.381 e. The van der Waals surface area contributed by atoms with Crippen molar-refractivity contribution in [3.05, 3.63) is 34.2 Å². The number of amides is 1. The van der Waals surface area contributed by atoms with Crippen molar-refractivity contribution < 1.29 is 9.53 Å². The van der Waals surface area contributed by atoms with Crippen molar-refractivity contribution in [2.75, 3.05) is 19.8 Å². The van der Waals surface area contributed by atoms with Crippen molar-refractivity contribution >= 4 is 27.5 Å². The SMILES string of the molecule is CCCCOCCCNC(=O)c1c(C)nc2ccc(Br)cn12. The molecule has 0 bridgehead atoms. The van der Waals surface area contributed by atoms with Crippen LogP contribution in [0, 0.1) is 6.92 Å². The summed E-state index contributed by atoms with van der Waals surface area (Å²) in [6.45, 7) is 6.07. The van der Waals surface area contributed by atoms with Crippen LogP contribution in [-0.2, 0) is 4.74 Å². The summed E-state index contributed by atoms with van der Waals surface area (Å²) < 4.78 is 8.21. The van der Waals surface area contributed by atoms with Crippen molar-refractivity contribution in [3.63, 3.8) is 0 Å². The molecular formula is C16H22BrN3O2. The van der Waals surface area contributed by atoms with E-state index in [2.05, 4.69) is 33.2 Å². The highest BCUT2D eigenvalue weighted by atomic mass is 79.9. The Morgan fingerprint density at radius 2 is 2.14 bits per heavy atom. The Hall–Kier alpha value is -1.40. The van der Waals surface area contributed by atoms with Crippen molar-refractivity contribution in [2.24, 2.45) is 0 Å². The molecule has 0 saturated carbocycles. The number of unbranched alkanes of at least 4 members (excludes halogenated alkanes) is 1. The third-order valence-corrected chi connectivity index (χ3v) is 3.83. The van der Waals surface area contributed by atoms with Gasteiger partial charge in [0.25, 0.3) is 5.91 Å². The Kier molecular flexibility index (Phi) is 6.39. The van der Waals surface area contributed by atoms with Gasteiger partial charge in [0.1, 0.15) is 11.3 Å². The number of aromatic nitrogens is 2. The molecule has 22 heavy (non-hydrogen) atoms. The van der Waals surface area contributed by atoms with E-state index >= 15 is 0 Å². The summed E-state index contributed by atoms with van der Waals surface area (Å²) in [6.07, 6.45) is 4.90. The highest BCUT2D eigenvalue weighted by molar-refractivity contribution is 9.10. The van der Waals surface area contributed by atoms with E-state index in [9.17, 15) is 4.79 Å². The molecule has 0 aromatic carbocycles. The molecule has 2 aromatic rings. The number of fused-ring (bicyclic) bond motifs is 1. The third kappa shape index (κ3) is 4.30. The predicted molar refractivity (Wildman–Crippen MR) is 90.3 cm³/mol. The summed E-state index contributed by atoms with van der Waals surface area (Å²) in [5.41, 5.74) is 2.09. The van der Waals surface area contributed by atoms with E-state index in [4.69, 9.17) is 4.74 Å². The van der Waals surface area contributed by atoms with E-state index in [0.717, 1.165) is 41.7 Å². The van der Waals surface area contributed by atoms with Gasteiger partial charge in [-0.05, 0) is 47.8 Å². The van der Waals surface area contributed by atoms with Gasteiger partial charge in [-0.15, -0.1) is 0 Å². The maximum Gasteiger partial charge on any atom is 0.270 e. The first-order valence-electron chi connectivity index (χ1n) is 7.63. The first-order chi connectivity index (χ1) is 10.6. The van der Waals surface area contributed by atoms with Crippen LogP contribution in [0.3, 0.4) is 0 Å².